The van der Waals surface area contributed by atoms with E-state index in [0.717, 1.165) is 32.2 Å². The van der Waals surface area contributed by atoms with Gasteiger partial charge in [-0.05, 0) is 36.8 Å². The summed E-state index contributed by atoms with van der Waals surface area (Å²) >= 11 is 1.80. The fourth-order valence-corrected chi connectivity index (χ4v) is 3.53. The van der Waals surface area contributed by atoms with Crippen LogP contribution in [0.2, 0.25) is 0 Å². The van der Waals surface area contributed by atoms with E-state index in [0.29, 0.717) is 0 Å². The molecule has 1 aromatic heterocycles. The minimum absolute atomic E-state index is 0.118. The summed E-state index contributed by atoms with van der Waals surface area (Å²) < 4.78 is 0. The molecule has 0 radical (unpaired) electrons. The van der Waals surface area contributed by atoms with Crippen molar-refractivity contribution in [1.82, 2.24) is 4.90 Å². The van der Waals surface area contributed by atoms with Crippen molar-refractivity contribution in [1.29, 1.82) is 0 Å². The maximum absolute atomic E-state index is 12.4. The van der Waals surface area contributed by atoms with E-state index >= 15 is 0 Å². The molecule has 18 heavy (non-hydrogen) atoms. The van der Waals surface area contributed by atoms with Crippen LogP contribution in [0.3, 0.4) is 0 Å². The van der Waals surface area contributed by atoms with Gasteiger partial charge in [0.1, 0.15) is 0 Å². The molecule has 0 spiro atoms. The maximum Gasteiger partial charge on any atom is 0.239 e. The minimum atomic E-state index is -0.326. The highest BCUT2D eigenvalue weighted by Crippen LogP contribution is 2.33. The van der Waals surface area contributed by atoms with Crippen molar-refractivity contribution in [2.24, 2.45) is 5.73 Å². The summed E-state index contributed by atoms with van der Waals surface area (Å²) in [5, 5.41) is 2.12. The summed E-state index contributed by atoms with van der Waals surface area (Å²) in [6.07, 6.45) is 3.89. The topological polar surface area (TPSA) is 46.3 Å². The molecule has 100 valence electrons. The largest absolute Gasteiger partial charge is 0.334 e. The van der Waals surface area contributed by atoms with Gasteiger partial charge in [-0.2, -0.15) is 0 Å². The molecule has 0 saturated carbocycles. The lowest BCUT2D eigenvalue weighted by Gasteiger charge is -2.35. The van der Waals surface area contributed by atoms with Gasteiger partial charge >= 0.3 is 0 Å². The summed E-state index contributed by atoms with van der Waals surface area (Å²) in [6, 6.07) is 1.99. The molecule has 0 bridgehead atoms. The summed E-state index contributed by atoms with van der Waals surface area (Å²) in [5.74, 6) is 0.118. The van der Waals surface area contributed by atoms with Gasteiger partial charge in [-0.15, -0.1) is 11.3 Å². The van der Waals surface area contributed by atoms with E-state index in [9.17, 15) is 4.79 Å². The quantitative estimate of drug-likeness (QED) is 0.911. The van der Waals surface area contributed by atoms with Gasteiger partial charge in [0.05, 0.1) is 12.1 Å². The van der Waals surface area contributed by atoms with E-state index in [-0.39, 0.29) is 18.0 Å². The van der Waals surface area contributed by atoms with Crippen LogP contribution in [0.4, 0.5) is 0 Å². The molecule has 0 aliphatic carbocycles. The maximum atomic E-state index is 12.4. The second-order valence-electron chi connectivity index (χ2n) is 5.01. The number of hydrogen-bond donors (Lipinski definition) is 1. The Labute approximate surface area is 113 Å². The predicted octanol–water partition coefficient (Wildman–Crippen LogP) is 2.71. The summed E-state index contributed by atoms with van der Waals surface area (Å²) in [4.78, 5) is 15.7. The Morgan fingerprint density at radius 1 is 1.67 bits per heavy atom. The molecular formula is C14H22N2OS. The molecule has 0 fully saturated rings. The molecule has 3 nitrogen and oxygen atoms in total. The molecule has 2 unspecified atom stereocenters. The molecule has 2 heterocycles. The third kappa shape index (κ3) is 2.59. The summed E-state index contributed by atoms with van der Waals surface area (Å²) in [5.41, 5.74) is 7.31. The van der Waals surface area contributed by atoms with E-state index in [4.69, 9.17) is 5.73 Å². The van der Waals surface area contributed by atoms with Gasteiger partial charge in [-0.25, -0.2) is 0 Å². The van der Waals surface area contributed by atoms with E-state index < -0.39 is 0 Å². The number of carbonyl (C=O) groups is 1. The van der Waals surface area contributed by atoms with E-state index in [1.807, 2.05) is 4.90 Å². The molecule has 0 saturated heterocycles. The summed E-state index contributed by atoms with van der Waals surface area (Å²) in [6.45, 7) is 5.04. The van der Waals surface area contributed by atoms with Crippen molar-refractivity contribution in [3.63, 3.8) is 0 Å². The number of thiophene rings is 1. The van der Waals surface area contributed by atoms with Crippen LogP contribution in [0.1, 0.15) is 49.6 Å². The van der Waals surface area contributed by atoms with Crippen LogP contribution in [0.5, 0.6) is 0 Å². The van der Waals surface area contributed by atoms with Gasteiger partial charge in [0, 0.05) is 11.4 Å². The van der Waals surface area contributed by atoms with Crippen molar-refractivity contribution in [3.05, 3.63) is 21.9 Å². The normalized spacial score (nSPS) is 20.6. The average Bonchev–Trinajstić information content (AvgIpc) is 2.84. The molecule has 2 N–H and O–H groups in total. The minimum Gasteiger partial charge on any atom is -0.334 e. The van der Waals surface area contributed by atoms with Crippen molar-refractivity contribution in [3.8, 4) is 0 Å². The molecule has 2 rings (SSSR count). The molecule has 1 aliphatic rings. The lowest BCUT2D eigenvalue weighted by Crippen LogP contribution is -2.47. The van der Waals surface area contributed by atoms with Crippen LogP contribution in [0, 0.1) is 0 Å². The molecule has 0 aromatic carbocycles. The fraction of sp³-hybridized carbons (Fsp3) is 0.643. The SMILES string of the molecule is CCCCC(N)C(=O)N1CCc2sccc2C1C. The molecule has 1 aromatic rings. The van der Waals surface area contributed by atoms with E-state index in [1.165, 1.54) is 10.4 Å². The molecule has 1 aliphatic heterocycles. The van der Waals surface area contributed by atoms with Crippen LogP contribution >= 0.6 is 11.3 Å². The monoisotopic (exact) mass is 266 g/mol. The van der Waals surface area contributed by atoms with Gasteiger partial charge in [0.25, 0.3) is 0 Å². The van der Waals surface area contributed by atoms with Gasteiger partial charge in [-0.3, -0.25) is 4.79 Å². The van der Waals surface area contributed by atoms with Crippen LogP contribution in [0.15, 0.2) is 11.4 Å². The fourth-order valence-electron chi connectivity index (χ4n) is 2.57. The number of hydrogen-bond acceptors (Lipinski definition) is 3. The van der Waals surface area contributed by atoms with Crippen LogP contribution in [0.25, 0.3) is 0 Å². The molecule has 4 heteroatoms. The predicted molar refractivity (Wildman–Crippen MR) is 75.7 cm³/mol. The Morgan fingerprint density at radius 3 is 3.17 bits per heavy atom. The van der Waals surface area contributed by atoms with Crippen LogP contribution < -0.4 is 5.73 Å². The number of nitrogens with zero attached hydrogens (tertiary/aromatic N) is 1. The Hall–Kier alpha value is -0.870. The van der Waals surface area contributed by atoms with Gasteiger partial charge in [0.2, 0.25) is 5.91 Å². The standard InChI is InChI=1S/C14H22N2OS/c1-3-4-5-12(15)14(17)16-8-6-13-11(10(16)2)7-9-18-13/h7,9-10,12H,3-6,8,15H2,1-2H3. The third-order valence-electron chi connectivity index (χ3n) is 3.75. The number of rotatable bonds is 4. The number of amides is 1. The third-order valence-corrected chi connectivity index (χ3v) is 4.74. The highest BCUT2D eigenvalue weighted by atomic mass is 32.1. The van der Waals surface area contributed by atoms with E-state index in [1.54, 1.807) is 11.3 Å². The first-order chi connectivity index (χ1) is 8.65. The second kappa shape index (κ2) is 5.85. The van der Waals surface area contributed by atoms with Crippen molar-refractivity contribution >= 4 is 17.2 Å². The smallest absolute Gasteiger partial charge is 0.239 e. The zero-order chi connectivity index (χ0) is 13.1. The number of nitrogens with two attached hydrogens (primary N) is 1. The Morgan fingerprint density at radius 2 is 2.44 bits per heavy atom. The Balaban J connectivity index is 2.04. The van der Waals surface area contributed by atoms with E-state index in [2.05, 4.69) is 25.3 Å². The number of fused-ring (bicyclic) bond motifs is 1. The van der Waals surface area contributed by atoms with Crippen molar-refractivity contribution in [2.75, 3.05) is 6.54 Å². The number of carbonyl (C=O) groups excluding carboxylic acids is 1. The Kier molecular flexibility index (Phi) is 4.40. The first-order valence-electron chi connectivity index (χ1n) is 6.77. The zero-order valence-electron chi connectivity index (χ0n) is 11.2. The average molecular weight is 266 g/mol. The van der Waals surface area contributed by atoms with Crippen LogP contribution in [-0.4, -0.2) is 23.4 Å². The van der Waals surface area contributed by atoms with Gasteiger partial charge in [0.15, 0.2) is 0 Å². The molecular weight excluding hydrogens is 244 g/mol. The Bertz CT molecular complexity index is 416. The highest BCUT2D eigenvalue weighted by Gasteiger charge is 2.30. The zero-order valence-corrected chi connectivity index (χ0v) is 12.0. The lowest BCUT2D eigenvalue weighted by molar-refractivity contribution is -0.135. The summed E-state index contributed by atoms with van der Waals surface area (Å²) in [7, 11) is 0. The van der Waals surface area contributed by atoms with Crippen molar-refractivity contribution < 1.29 is 4.79 Å². The highest BCUT2D eigenvalue weighted by molar-refractivity contribution is 7.10. The van der Waals surface area contributed by atoms with Gasteiger partial charge in [-0.1, -0.05) is 19.8 Å². The van der Waals surface area contributed by atoms with Gasteiger partial charge < -0.3 is 10.6 Å². The number of unbranched alkanes of at least 4 members (excludes halogenated alkanes) is 1. The first-order valence-corrected chi connectivity index (χ1v) is 7.65. The lowest BCUT2D eigenvalue weighted by atomic mass is 9.99. The molecule has 2 atom stereocenters. The first kappa shape index (κ1) is 13.6. The van der Waals surface area contributed by atoms with Crippen molar-refractivity contribution in [2.45, 2.75) is 51.6 Å². The second-order valence-corrected chi connectivity index (χ2v) is 6.01. The van der Waals surface area contributed by atoms with Crippen LogP contribution in [-0.2, 0) is 11.2 Å². The molecule has 1 amide bonds.